The first-order valence-corrected chi connectivity index (χ1v) is 12.8. The minimum absolute atomic E-state index is 0.104. The highest BCUT2D eigenvalue weighted by atomic mass is 32.2. The Morgan fingerprint density at radius 1 is 1.08 bits per heavy atom. The molecule has 0 atom stereocenters. The number of hydrogen-bond donors (Lipinski definition) is 1. The molecule has 0 spiro atoms. The molecule has 9 heteroatoms. The van der Waals surface area contributed by atoms with Gasteiger partial charge in [-0.2, -0.15) is 0 Å². The van der Waals surface area contributed by atoms with Crippen molar-refractivity contribution in [3.05, 3.63) is 89.0 Å². The van der Waals surface area contributed by atoms with Crippen molar-refractivity contribution in [1.29, 1.82) is 0 Å². The average Bonchev–Trinajstić information content (AvgIpc) is 3.55. The summed E-state index contributed by atoms with van der Waals surface area (Å²) in [6, 6.07) is 20.8. The Balaban J connectivity index is 1.27. The monoisotopic (exact) mass is 527 g/mol. The number of aryl methyl sites for hydroxylation is 1. The molecule has 0 saturated carbocycles. The van der Waals surface area contributed by atoms with Crippen molar-refractivity contribution in [1.82, 2.24) is 4.57 Å². The predicted octanol–water partition coefficient (Wildman–Crippen LogP) is 5.72. The number of nitrogens with zero attached hydrogens (tertiary/aromatic N) is 2. The zero-order chi connectivity index (χ0) is 25.5. The van der Waals surface area contributed by atoms with E-state index in [0.29, 0.717) is 26.4 Å². The number of anilines is 2. The maximum Gasteiger partial charge on any atom is 0.270 e. The molecule has 0 radical (unpaired) electrons. The van der Waals surface area contributed by atoms with Crippen LogP contribution in [-0.2, 0) is 16.1 Å². The number of thioether (sulfide) groups is 1. The van der Waals surface area contributed by atoms with Gasteiger partial charge in [-0.3, -0.25) is 14.5 Å². The van der Waals surface area contributed by atoms with Crippen LogP contribution < -0.4 is 19.7 Å². The molecule has 1 saturated heterocycles. The van der Waals surface area contributed by atoms with Gasteiger partial charge >= 0.3 is 0 Å². The number of rotatable bonds is 5. The molecule has 7 nitrogen and oxygen atoms in total. The fraction of sp³-hybridized carbons (Fsp3) is 0.107. The fourth-order valence-electron chi connectivity index (χ4n) is 4.45. The second kappa shape index (κ2) is 9.42. The molecule has 1 aromatic heterocycles. The number of carbonyl (C=O) groups excluding carboxylic acids is 2. The highest BCUT2D eigenvalue weighted by Gasteiger charge is 2.33. The molecule has 2 amide bonds. The summed E-state index contributed by atoms with van der Waals surface area (Å²) in [6.45, 7) is 2.26. The van der Waals surface area contributed by atoms with E-state index in [-0.39, 0.29) is 25.2 Å². The van der Waals surface area contributed by atoms with E-state index in [2.05, 4.69) is 5.32 Å². The molecule has 3 aromatic carbocycles. The van der Waals surface area contributed by atoms with Crippen LogP contribution in [0, 0.1) is 6.92 Å². The molecule has 37 heavy (non-hydrogen) atoms. The summed E-state index contributed by atoms with van der Waals surface area (Å²) in [6.07, 6.45) is 3.74. The largest absolute Gasteiger partial charge is 0.454 e. The summed E-state index contributed by atoms with van der Waals surface area (Å²) in [7, 11) is 0. The first kappa shape index (κ1) is 23.3. The summed E-state index contributed by atoms with van der Waals surface area (Å²) >= 11 is 6.82. The number of fused-ring (bicyclic) bond motifs is 2. The number of thiocarbonyl (C=S) groups is 1. The number of aromatic nitrogens is 1. The Morgan fingerprint density at radius 3 is 2.78 bits per heavy atom. The Hall–Kier alpha value is -4.08. The van der Waals surface area contributed by atoms with Gasteiger partial charge in [-0.1, -0.05) is 54.3 Å². The molecule has 0 aliphatic carbocycles. The zero-order valence-corrected chi connectivity index (χ0v) is 21.4. The lowest BCUT2D eigenvalue weighted by atomic mass is 10.1. The molecule has 6 rings (SSSR count). The molecule has 2 aliphatic rings. The third-order valence-corrected chi connectivity index (χ3v) is 7.43. The van der Waals surface area contributed by atoms with Crippen LogP contribution in [0.4, 0.5) is 11.4 Å². The Bertz CT molecular complexity index is 1620. The van der Waals surface area contributed by atoms with Crippen LogP contribution in [-0.4, -0.2) is 27.5 Å². The van der Waals surface area contributed by atoms with E-state index in [9.17, 15) is 9.59 Å². The SMILES string of the molecule is Cc1cccc(N2C(=O)/C(=C\c3cn(CC(=O)Nc4ccc5c(c4)OCO5)c4ccccc34)SC2=S)c1. The Labute approximate surface area is 222 Å². The highest BCUT2D eigenvalue weighted by molar-refractivity contribution is 8.27. The standard InChI is InChI=1S/C28H21N3O4S2/c1-17-5-4-6-20(11-17)31-27(33)25(37-28(31)36)12-18-14-30(22-8-3-2-7-21(18)22)15-26(32)29-19-9-10-23-24(13-19)35-16-34-23/h2-14H,15-16H2,1H3,(H,29,32)/b25-12+. The molecule has 1 N–H and O–H groups in total. The molecular weight excluding hydrogens is 506 g/mol. The van der Waals surface area contributed by atoms with Crippen LogP contribution in [0.3, 0.4) is 0 Å². The molecule has 184 valence electrons. The van der Waals surface area contributed by atoms with Gasteiger partial charge in [0.2, 0.25) is 12.7 Å². The number of nitrogens with one attached hydrogen (secondary N) is 1. The minimum Gasteiger partial charge on any atom is -0.454 e. The van der Waals surface area contributed by atoms with Gasteiger partial charge in [0.05, 0.1) is 10.6 Å². The van der Waals surface area contributed by atoms with Crippen molar-refractivity contribution < 1.29 is 19.1 Å². The highest BCUT2D eigenvalue weighted by Crippen LogP contribution is 2.38. The van der Waals surface area contributed by atoms with Crippen molar-refractivity contribution >= 4 is 68.5 Å². The lowest BCUT2D eigenvalue weighted by Crippen LogP contribution is -2.27. The van der Waals surface area contributed by atoms with Crippen LogP contribution in [0.5, 0.6) is 11.5 Å². The number of hydrogen-bond acceptors (Lipinski definition) is 6. The van der Waals surface area contributed by atoms with Crippen LogP contribution in [0.2, 0.25) is 0 Å². The van der Waals surface area contributed by atoms with E-state index < -0.39 is 0 Å². The van der Waals surface area contributed by atoms with Gasteiger partial charge in [-0.25, -0.2) is 0 Å². The summed E-state index contributed by atoms with van der Waals surface area (Å²) in [5, 5.41) is 3.86. The first-order chi connectivity index (χ1) is 18.0. The van der Waals surface area contributed by atoms with Gasteiger partial charge in [0, 0.05) is 34.4 Å². The van der Waals surface area contributed by atoms with E-state index >= 15 is 0 Å². The normalized spacial score (nSPS) is 15.7. The second-order valence-electron chi connectivity index (χ2n) is 8.70. The molecule has 2 aliphatic heterocycles. The maximum absolute atomic E-state index is 13.3. The number of para-hydroxylation sites is 1. The van der Waals surface area contributed by atoms with E-state index in [1.54, 1.807) is 23.1 Å². The topological polar surface area (TPSA) is 72.8 Å². The smallest absolute Gasteiger partial charge is 0.270 e. The number of ether oxygens (including phenoxy) is 2. The zero-order valence-electron chi connectivity index (χ0n) is 19.8. The number of carbonyl (C=O) groups is 2. The van der Waals surface area contributed by atoms with Crippen molar-refractivity contribution in [2.24, 2.45) is 0 Å². The minimum atomic E-state index is -0.183. The predicted molar refractivity (Wildman–Crippen MR) is 150 cm³/mol. The van der Waals surface area contributed by atoms with Crippen molar-refractivity contribution in [3.63, 3.8) is 0 Å². The Morgan fingerprint density at radius 2 is 1.92 bits per heavy atom. The third-order valence-electron chi connectivity index (χ3n) is 6.13. The van der Waals surface area contributed by atoms with Crippen molar-refractivity contribution in [3.8, 4) is 11.5 Å². The molecular formula is C28H21N3O4S2. The van der Waals surface area contributed by atoms with Gasteiger partial charge in [-0.05, 0) is 48.9 Å². The maximum atomic E-state index is 13.3. The van der Waals surface area contributed by atoms with Gasteiger partial charge in [0.15, 0.2) is 15.8 Å². The van der Waals surface area contributed by atoms with E-state index in [0.717, 1.165) is 27.7 Å². The molecule has 3 heterocycles. The van der Waals surface area contributed by atoms with Gasteiger partial charge < -0.3 is 19.4 Å². The quantitative estimate of drug-likeness (QED) is 0.264. The third kappa shape index (κ3) is 4.47. The summed E-state index contributed by atoms with van der Waals surface area (Å²) in [5.74, 6) is 0.927. The second-order valence-corrected chi connectivity index (χ2v) is 10.4. The lowest BCUT2D eigenvalue weighted by Gasteiger charge is -2.14. The molecule has 0 unspecified atom stereocenters. The lowest BCUT2D eigenvalue weighted by molar-refractivity contribution is -0.116. The van der Waals surface area contributed by atoms with E-state index in [1.807, 2.05) is 72.3 Å². The first-order valence-electron chi connectivity index (χ1n) is 11.6. The average molecular weight is 528 g/mol. The molecule has 0 bridgehead atoms. The van der Waals surface area contributed by atoms with E-state index in [1.165, 1.54) is 11.8 Å². The number of benzene rings is 3. The summed E-state index contributed by atoms with van der Waals surface area (Å²) < 4.78 is 13.1. The van der Waals surface area contributed by atoms with Crippen LogP contribution in [0.1, 0.15) is 11.1 Å². The van der Waals surface area contributed by atoms with Crippen LogP contribution >= 0.6 is 24.0 Å². The van der Waals surface area contributed by atoms with Crippen molar-refractivity contribution in [2.75, 3.05) is 17.0 Å². The summed E-state index contributed by atoms with van der Waals surface area (Å²) in [5.41, 5.74) is 4.18. The summed E-state index contributed by atoms with van der Waals surface area (Å²) in [4.78, 5) is 28.3. The van der Waals surface area contributed by atoms with Gasteiger partial charge in [-0.15, -0.1) is 0 Å². The van der Waals surface area contributed by atoms with Gasteiger partial charge in [0.1, 0.15) is 6.54 Å². The van der Waals surface area contributed by atoms with Gasteiger partial charge in [0.25, 0.3) is 5.91 Å². The van der Waals surface area contributed by atoms with Crippen LogP contribution in [0.25, 0.3) is 17.0 Å². The van der Waals surface area contributed by atoms with E-state index in [4.69, 9.17) is 21.7 Å². The molecule has 4 aromatic rings. The fourth-order valence-corrected chi connectivity index (χ4v) is 5.74. The Kier molecular flexibility index (Phi) is 5.94. The van der Waals surface area contributed by atoms with Crippen LogP contribution in [0.15, 0.2) is 77.8 Å². The molecule has 1 fully saturated rings. The number of amides is 2. The van der Waals surface area contributed by atoms with Crippen molar-refractivity contribution in [2.45, 2.75) is 13.5 Å².